The van der Waals surface area contributed by atoms with Crippen LogP contribution in [0.5, 0.6) is 0 Å². The van der Waals surface area contributed by atoms with Crippen LogP contribution in [0.4, 0.5) is 0 Å². The van der Waals surface area contributed by atoms with Crippen LogP contribution in [-0.4, -0.2) is 44.9 Å². The average Bonchev–Trinajstić information content (AvgIpc) is 3.00. The third kappa shape index (κ3) is 4.65. The van der Waals surface area contributed by atoms with Gasteiger partial charge in [0.25, 0.3) is 0 Å². The van der Waals surface area contributed by atoms with Gasteiger partial charge >= 0.3 is 0 Å². The Bertz CT molecular complexity index is 768. The van der Waals surface area contributed by atoms with Gasteiger partial charge < -0.3 is 15.2 Å². The lowest BCUT2D eigenvalue weighted by molar-refractivity contribution is 0.0443. The van der Waals surface area contributed by atoms with E-state index >= 15 is 0 Å². The molecule has 134 valence electrons. The number of aliphatic hydroxyl groups excluding tert-OH is 1. The standard InChI is InChI=1S/C18H22N2O4S/c21-18-16(19-11-14-7-3-1-4-8-14)13-24-17(18)12-20-25(22,23)15-9-5-2-6-10-15/h1-10,16-21H,11-13H2. The van der Waals surface area contributed by atoms with Crippen molar-refractivity contribution in [3.8, 4) is 0 Å². The Hall–Kier alpha value is -1.77. The van der Waals surface area contributed by atoms with E-state index in [-0.39, 0.29) is 17.5 Å². The van der Waals surface area contributed by atoms with Gasteiger partial charge in [0.05, 0.1) is 29.8 Å². The summed E-state index contributed by atoms with van der Waals surface area (Å²) < 4.78 is 32.5. The summed E-state index contributed by atoms with van der Waals surface area (Å²) in [5.74, 6) is 0. The maximum absolute atomic E-state index is 12.2. The summed E-state index contributed by atoms with van der Waals surface area (Å²) in [6.07, 6.45) is -1.35. The second-order valence-corrected chi connectivity index (χ2v) is 7.77. The van der Waals surface area contributed by atoms with Gasteiger partial charge in [-0.15, -0.1) is 0 Å². The van der Waals surface area contributed by atoms with Crippen molar-refractivity contribution in [3.05, 3.63) is 66.2 Å². The van der Waals surface area contributed by atoms with E-state index in [1.54, 1.807) is 18.2 Å². The van der Waals surface area contributed by atoms with Crippen molar-refractivity contribution in [3.63, 3.8) is 0 Å². The number of benzene rings is 2. The smallest absolute Gasteiger partial charge is 0.240 e. The van der Waals surface area contributed by atoms with Gasteiger partial charge in [0.1, 0.15) is 0 Å². The van der Waals surface area contributed by atoms with Gasteiger partial charge in [0.15, 0.2) is 0 Å². The first-order chi connectivity index (χ1) is 12.1. The third-order valence-electron chi connectivity index (χ3n) is 4.22. The van der Waals surface area contributed by atoms with Gasteiger partial charge in [-0.1, -0.05) is 48.5 Å². The predicted octanol–water partition coefficient (Wildman–Crippen LogP) is 0.883. The lowest BCUT2D eigenvalue weighted by atomic mass is 10.1. The highest BCUT2D eigenvalue weighted by molar-refractivity contribution is 7.89. The number of ether oxygens (including phenoxy) is 1. The van der Waals surface area contributed by atoms with Crippen molar-refractivity contribution in [1.82, 2.24) is 10.0 Å². The lowest BCUT2D eigenvalue weighted by Gasteiger charge is -2.19. The number of sulfonamides is 1. The summed E-state index contributed by atoms with van der Waals surface area (Å²) in [5.41, 5.74) is 1.11. The molecule has 0 bridgehead atoms. The maximum Gasteiger partial charge on any atom is 0.240 e. The van der Waals surface area contributed by atoms with E-state index in [2.05, 4.69) is 10.0 Å². The van der Waals surface area contributed by atoms with Crippen LogP contribution in [0, 0.1) is 0 Å². The van der Waals surface area contributed by atoms with Crippen LogP contribution >= 0.6 is 0 Å². The molecule has 3 rings (SSSR count). The van der Waals surface area contributed by atoms with Crippen LogP contribution in [0.1, 0.15) is 5.56 Å². The molecule has 3 N–H and O–H groups in total. The molecule has 1 heterocycles. The van der Waals surface area contributed by atoms with E-state index in [0.29, 0.717) is 13.2 Å². The quantitative estimate of drug-likeness (QED) is 0.681. The van der Waals surface area contributed by atoms with Crippen LogP contribution in [0.3, 0.4) is 0 Å². The van der Waals surface area contributed by atoms with E-state index in [9.17, 15) is 13.5 Å². The van der Waals surface area contributed by atoms with Gasteiger partial charge in [-0.3, -0.25) is 0 Å². The molecule has 1 saturated heterocycles. The zero-order valence-electron chi connectivity index (χ0n) is 13.7. The summed E-state index contributed by atoms with van der Waals surface area (Å²) in [6.45, 7) is 0.988. The molecule has 0 spiro atoms. The average molecular weight is 362 g/mol. The second kappa shape index (κ2) is 8.07. The molecule has 6 nitrogen and oxygen atoms in total. The molecule has 7 heteroatoms. The van der Waals surface area contributed by atoms with E-state index in [4.69, 9.17) is 4.74 Å². The molecule has 0 amide bonds. The summed E-state index contributed by atoms with van der Waals surface area (Å²) >= 11 is 0. The van der Waals surface area contributed by atoms with Crippen molar-refractivity contribution >= 4 is 10.0 Å². The predicted molar refractivity (Wildman–Crippen MR) is 94.4 cm³/mol. The minimum Gasteiger partial charge on any atom is -0.389 e. The van der Waals surface area contributed by atoms with Crippen LogP contribution in [0.25, 0.3) is 0 Å². The molecule has 0 aromatic heterocycles. The molecule has 1 aliphatic heterocycles. The lowest BCUT2D eigenvalue weighted by Crippen LogP contribution is -2.44. The van der Waals surface area contributed by atoms with Crippen molar-refractivity contribution in [2.75, 3.05) is 13.2 Å². The number of hydrogen-bond donors (Lipinski definition) is 3. The zero-order chi connectivity index (χ0) is 17.7. The number of hydrogen-bond acceptors (Lipinski definition) is 5. The molecule has 0 aliphatic carbocycles. The van der Waals surface area contributed by atoms with Crippen molar-refractivity contribution < 1.29 is 18.3 Å². The minimum absolute atomic E-state index is 0.0297. The Morgan fingerprint density at radius 3 is 2.36 bits per heavy atom. The van der Waals surface area contributed by atoms with Crippen molar-refractivity contribution in [1.29, 1.82) is 0 Å². The molecular weight excluding hydrogens is 340 g/mol. The van der Waals surface area contributed by atoms with E-state index in [0.717, 1.165) is 5.56 Å². The SMILES string of the molecule is O=S(=O)(NCC1OCC(NCc2ccccc2)C1O)c1ccccc1. The molecule has 2 aromatic carbocycles. The third-order valence-corrected chi connectivity index (χ3v) is 5.66. The summed E-state index contributed by atoms with van der Waals surface area (Å²) in [7, 11) is -3.61. The van der Waals surface area contributed by atoms with E-state index < -0.39 is 22.2 Å². The molecule has 0 saturated carbocycles. The van der Waals surface area contributed by atoms with Crippen LogP contribution in [-0.2, 0) is 21.3 Å². The monoisotopic (exact) mass is 362 g/mol. The van der Waals surface area contributed by atoms with Gasteiger partial charge in [0.2, 0.25) is 10.0 Å². The highest BCUT2D eigenvalue weighted by atomic mass is 32.2. The fraction of sp³-hybridized carbons (Fsp3) is 0.333. The summed E-state index contributed by atoms with van der Waals surface area (Å²) in [5, 5.41) is 13.6. The fourth-order valence-corrected chi connectivity index (χ4v) is 3.83. The Morgan fingerprint density at radius 2 is 1.68 bits per heavy atom. The van der Waals surface area contributed by atoms with E-state index in [1.807, 2.05) is 30.3 Å². The maximum atomic E-state index is 12.2. The van der Waals surface area contributed by atoms with Crippen LogP contribution in [0.2, 0.25) is 0 Å². The Morgan fingerprint density at radius 1 is 1.04 bits per heavy atom. The Labute approximate surface area is 147 Å². The highest BCUT2D eigenvalue weighted by Gasteiger charge is 2.36. The number of rotatable bonds is 7. The first kappa shape index (κ1) is 18.0. The topological polar surface area (TPSA) is 87.7 Å². The first-order valence-electron chi connectivity index (χ1n) is 8.18. The molecule has 3 atom stereocenters. The zero-order valence-corrected chi connectivity index (χ0v) is 14.5. The summed E-state index contributed by atoms with van der Waals surface area (Å²) in [6, 6.07) is 17.8. The highest BCUT2D eigenvalue weighted by Crippen LogP contribution is 2.16. The van der Waals surface area contributed by atoms with Crippen molar-refractivity contribution in [2.45, 2.75) is 29.7 Å². The molecule has 3 unspecified atom stereocenters. The molecule has 2 aromatic rings. The molecular formula is C18H22N2O4S. The Balaban J connectivity index is 1.51. The first-order valence-corrected chi connectivity index (χ1v) is 9.66. The minimum atomic E-state index is -3.61. The van der Waals surface area contributed by atoms with Crippen LogP contribution in [0.15, 0.2) is 65.6 Å². The summed E-state index contributed by atoms with van der Waals surface area (Å²) in [4.78, 5) is 0.196. The number of aliphatic hydroxyl groups is 1. The largest absolute Gasteiger partial charge is 0.389 e. The molecule has 25 heavy (non-hydrogen) atoms. The van der Waals surface area contributed by atoms with Gasteiger partial charge in [-0.25, -0.2) is 13.1 Å². The Kier molecular flexibility index (Phi) is 5.82. The van der Waals surface area contributed by atoms with E-state index in [1.165, 1.54) is 12.1 Å². The molecule has 0 radical (unpaired) electrons. The number of nitrogens with one attached hydrogen (secondary N) is 2. The van der Waals surface area contributed by atoms with Crippen LogP contribution < -0.4 is 10.0 Å². The normalized spacial score (nSPS) is 23.6. The van der Waals surface area contributed by atoms with Gasteiger partial charge in [0, 0.05) is 13.1 Å². The molecule has 1 fully saturated rings. The van der Waals surface area contributed by atoms with Gasteiger partial charge in [-0.05, 0) is 17.7 Å². The molecule has 1 aliphatic rings. The second-order valence-electron chi connectivity index (χ2n) is 6.00. The van der Waals surface area contributed by atoms with Crippen molar-refractivity contribution in [2.24, 2.45) is 0 Å². The fourth-order valence-electron chi connectivity index (χ4n) is 2.76. The van der Waals surface area contributed by atoms with Gasteiger partial charge in [-0.2, -0.15) is 0 Å².